The van der Waals surface area contributed by atoms with Crippen LogP contribution in [0.15, 0.2) is 30.5 Å². The number of hydrogen-bond acceptors (Lipinski definition) is 3. The molecule has 2 aromatic rings. The van der Waals surface area contributed by atoms with Gasteiger partial charge < -0.3 is 15.7 Å². The van der Waals surface area contributed by atoms with E-state index in [1.54, 1.807) is 49.1 Å². The van der Waals surface area contributed by atoms with Gasteiger partial charge in [-0.2, -0.15) is 5.10 Å². The van der Waals surface area contributed by atoms with E-state index in [0.717, 1.165) is 5.69 Å². The van der Waals surface area contributed by atoms with Crippen LogP contribution in [0.3, 0.4) is 0 Å². The van der Waals surface area contributed by atoms with Gasteiger partial charge in [-0.05, 0) is 24.6 Å². The zero-order valence-electron chi connectivity index (χ0n) is 11.8. The number of rotatable bonds is 4. The van der Waals surface area contributed by atoms with E-state index in [9.17, 15) is 14.7 Å². The molecule has 0 aliphatic heterocycles. The van der Waals surface area contributed by atoms with Crippen molar-refractivity contribution < 1.29 is 14.7 Å². The third-order valence-electron chi connectivity index (χ3n) is 3.09. The summed E-state index contributed by atoms with van der Waals surface area (Å²) in [5.74, 6) is -1.07. The van der Waals surface area contributed by atoms with Crippen molar-refractivity contribution in [3.05, 3.63) is 47.3 Å². The topological polar surface area (TPSA) is 96.3 Å². The lowest BCUT2D eigenvalue weighted by Crippen LogP contribution is -2.29. The predicted octanol–water partition coefficient (Wildman–Crippen LogP) is 1.75. The number of carboxylic acids is 1. The molecule has 0 saturated heterocycles. The highest BCUT2D eigenvalue weighted by Gasteiger charge is 2.14. The van der Waals surface area contributed by atoms with Crippen molar-refractivity contribution in [1.29, 1.82) is 0 Å². The minimum atomic E-state index is -1.07. The normalized spacial score (nSPS) is 10.2. The van der Waals surface area contributed by atoms with Crippen LogP contribution < -0.4 is 10.6 Å². The van der Waals surface area contributed by atoms with E-state index >= 15 is 0 Å². The molecule has 7 heteroatoms. The molecule has 7 nitrogen and oxygen atoms in total. The van der Waals surface area contributed by atoms with Gasteiger partial charge in [-0.25, -0.2) is 9.59 Å². The molecule has 2 amide bonds. The average molecular weight is 288 g/mol. The first-order valence-electron chi connectivity index (χ1n) is 6.33. The second-order valence-corrected chi connectivity index (χ2v) is 4.56. The number of anilines is 1. The van der Waals surface area contributed by atoms with Crippen LogP contribution >= 0.6 is 0 Å². The molecular formula is C14H16N4O3. The molecule has 110 valence electrons. The molecule has 0 bridgehead atoms. The molecule has 21 heavy (non-hydrogen) atoms. The highest BCUT2D eigenvalue weighted by molar-refractivity contribution is 6.01. The zero-order chi connectivity index (χ0) is 15.4. The van der Waals surface area contributed by atoms with E-state index in [1.165, 1.54) is 0 Å². The average Bonchev–Trinajstić information content (AvgIpc) is 2.81. The predicted molar refractivity (Wildman–Crippen MR) is 77.2 cm³/mol. The summed E-state index contributed by atoms with van der Waals surface area (Å²) in [5.41, 5.74) is 1.79. The molecule has 0 saturated carbocycles. The molecule has 2 rings (SSSR count). The van der Waals surface area contributed by atoms with Gasteiger partial charge in [0.2, 0.25) is 0 Å². The fraction of sp³-hybridized carbons (Fsp3) is 0.214. The molecule has 1 aromatic carbocycles. The lowest BCUT2D eigenvalue weighted by atomic mass is 10.1. The van der Waals surface area contributed by atoms with Crippen LogP contribution in [0.1, 0.15) is 21.6 Å². The number of urea groups is 1. The Morgan fingerprint density at radius 1 is 1.33 bits per heavy atom. The summed E-state index contributed by atoms with van der Waals surface area (Å²) in [5, 5.41) is 18.4. The first-order chi connectivity index (χ1) is 9.99. The minimum absolute atomic E-state index is 0.0909. The van der Waals surface area contributed by atoms with Crippen LogP contribution in [0.5, 0.6) is 0 Å². The molecular weight excluding hydrogens is 272 g/mol. The molecule has 0 aliphatic carbocycles. The molecule has 0 fully saturated rings. The Kier molecular flexibility index (Phi) is 4.22. The number of benzene rings is 1. The van der Waals surface area contributed by atoms with Crippen molar-refractivity contribution in [3.63, 3.8) is 0 Å². The maximum atomic E-state index is 11.9. The van der Waals surface area contributed by atoms with Gasteiger partial charge in [-0.1, -0.05) is 12.1 Å². The van der Waals surface area contributed by atoms with Gasteiger partial charge >= 0.3 is 12.0 Å². The molecule has 1 aromatic heterocycles. The Hall–Kier alpha value is -2.83. The number of aryl methyl sites for hydroxylation is 2. The number of carbonyl (C=O) groups is 2. The van der Waals surface area contributed by atoms with E-state index < -0.39 is 12.0 Å². The highest BCUT2D eigenvalue weighted by Crippen LogP contribution is 2.19. The third-order valence-corrected chi connectivity index (χ3v) is 3.09. The van der Waals surface area contributed by atoms with Crippen LogP contribution in [-0.2, 0) is 13.6 Å². The van der Waals surface area contributed by atoms with Gasteiger partial charge in [-0.3, -0.25) is 4.68 Å². The molecule has 0 radical (unpaired) electrons. The van der Waals surface area contributed by atoms with Crippen molar-refractivity contribution in [2.75, 3.05) is 5.32 Å². The number of nitrogens with one attached hydrogen (secondary N) is 2. The largest absolute Gasteiger partial charge is 0.478 e. The molecule has 0 spiro atoms. The standard InChI is InChI=1S/C14H16N4O3/c1-9-4-3-5-11(12(9)13(19)20)17-14(21)15-8-10-6-7-16-18(10)2/h3-7H,8H2,1-2H3,(H,19,20)(H2,15,17,21). The number of hydrogen-bond donors (Lipinski definition) is 3. The maximum Gasteiger partial charge on any atom is 0.338 e. The van der Waals surface area contributed by atoms with E-state index in [2.05, 4.69) is 15.7 Å². The van der Waals surface area contributed by atoms with E-state index in [1.807, 2.05) is 0 Å². The van der Waals surface area contributed by atoms with Crippen molar-refractivity contribution >= 4 is 17.7 Å². The Labute approximate surface area is 121 Å². The van der Waals surface area contributed by atoms with Gasteiger partial charge in [-0.15, -0.1) is 0 Å². The summed E-state index contributed by atoms with van der Waals surface area (Å²) in [6.07, 6.45) is 1.64. The SMILES string of the molecule is Cc1cccc(NC(=O)NCc2ccnn2C)c1C(=O)O. The summed E-state index contributed by atoms with van der Waals surface area (Å²) < 4.78 is 1.65. The van der Waals surface area contributed by atoms with Crippen molar-refractivity contribution in [2.45, 2.75) is 13.5 Å². The van der Waals surface area contributed by atoms with Crippen molar-refractivity contribution in [3.8, 4) is 0 Å². The van der Waals surface area contributed by atoms with Crippen LogP contribution in [0.25, 0.3) is 0 Å². The summed E-state index contributed by atoms with van der Waals surface area (Å²) >= 11 is 0. The van der Waals surface area contributed by atoms with Gasteiger partial charge in [0.05, 0.1) is 23.5 Å². The number of aromatic nitrogens is 2. The smallest absolute Gasteiger partial charge is 0.338 e. The Bertz CT molecular complexity index is 679. The van der Waals surface area contributed by atoms with Crippen LogP contribution in [0.4, 0.5) is 10.5 Å². The quantitative estimate of drug-likeness (QED) is 0.798. The molecule has 0 aliphatic rings. The highest BCUT2D eigenvalue weighted by atomic mass is 16.4. The molecule has 0 atom stereocenters. The molecule has 0 unspecified atom stereocenters. The first-order valence-corrected chi connectivity index (χ1v) is 6.33. The van der Waals surface area contributed by atoms with E-state index in [-0.39, 0.29) is 11.3 Å². The first kappa shape index (κ1) is 14.6. The second kappa shape index (κ2) is 6.08. The second-order valence-electron chi connectivity index (χ2n) is 4.56. The lowest BCUT2D eigenvalue weighted by Gasteiger charge is -2.11. The Morgan fingerprint density at radius 3 is 2.71 bits per heavy atom. The van der Waals surface area contributed by atoms with Crippen molar-refractivity contribution in [1.82, 2.24) is 15.1 Å². The van der Waals surface area contributed by atoms with Crippen LogP contribution in [-0.4, -0.2) is 26.9 Å². The monoisotopic (exact) mass is 288 g/mol. The molecule has 3 N–H and O–H groups in total. The Morgan fingerprint density at radius 2 is 2.10 bits per heavy atom. The summed E-state index contributed by atoms with van der Waals surface area (Å²) in [6.45, 7) is 1.98. The summed E-state index contributed by atoms with van der Waals surface area (Å²) in [6, 6.07) is 6.25. The number of carbonyl (C=O) groups excluding carboxylic acids is 1. The van der Waals surface area contributed by atoms with Gasteiger partial charge in [0, 0.05) is 13.2 Å². The zero-order valence-corrected chi connectivity index (χ0v) is 11.8. The molecule has 1 heterocycles. The summed E-state index contributed by atoms with van der Waals surface area (Å²) in [4.78, 5) is 23.1. The maximum absolute atomic E-state index is 11.9. The summed E-state index contributed by atoms with van der Waals surface area (Å²) in [7, 11) is 1.78. The number of carboxylic acid groups (broad SMARTS) is 1. The van der Waals surface area contributed by atoms with Crippen LogP contribution in [0, 0.1) is 6.92 Å². The fourth-order valence-electron chi connectivity index (χ4n) is 1.97. The van der Waals surface area contributed by atoms with Gasteiger partial charge in [0.15, 0.2) is 0 Å². The third kappa shape index (κ3) is 3.38. The van der Waals surface area contributed by atoms with Crippen LogP contribution in [0.2, 0.25) is 0 Å². The van der Waals surface area contributed by atoms with Gasteiger partial charge in [0.1, 0.15) is 0 Å². The number of aromatic carboxylic acids is 1. The minimum Gasteiger partial charge on any atom is -0.478 e. The van der Waals surface area contributed by atoms with Crippen molar-refractivity contribution in [2.24, 2.45) is 7.05 Å². The van der Waals surface area contributed by atoms with Gasteiger partial charge in [0.25, 0.3) is 0 Å². The Balaban J connectivity index is 2.05. The fourth-order valence-corrected chi connectivity index (χ4v) is 1.97. The lowest BCUT2D eigenvalue weighted by molar-refractivity contribution is 0.0697. The number of amides is 2. The van der Waals surface area contributed by atoms with E-state index in [4.69, 9.17) is 0 Å². The number of nitrogens with zero attached hydrogens (tertiary/aromatic N) is 2. The van der Waals surface area contributed by atoms with E-state index in [0.29, 0.717) is 12.1 Å².